The number of pyridine rings is 1. The van der Waals surface area contributed by atoms with Crippen molar-refractivity contribution in [2.75, 3.05) is 0 Å². The molecule has 2 aromatic rings. The molecule has 0 unspecified atom stereocenters. The van der Waals surface area contributed by atoms with E-state index in [0.29, 0.717) is 0 Å². The number of nitrogens with zero attached hydrogens (tertiary/aromatic N) is 3. The van der Waals surface area contributed by atoms with Gasteiger partial charge in [0.1, 0.15) is 6.33 Å². The topological polar surface area (TPSA) is 38.7 Å². The first-order chi connectivity index (χ1) is 7.58. The second-order valence-electron chi connectivity index (χ2n) is 3.72. The molecule has 0 atom stereocenters. The highest BCUT2D eigenvalue weighted by molar-refractivity contribution is 5.07. The summed E-state index contributed by atoms with van der Waals surface area (Å²) in [6.07, 6.45) is 1.57. The lowest BCUT2D eigenvalue weighted by Crippen LogP contribution is -1.84. The molecule has 0 radical (unpaired) electrons. The third-order valence-corrected chi connectivity index (χ3v) is 1.97. The summed E-state index contributed by atoms with van der Waals surface area (Å²) < 4.78 is 0. The summed E-state index contributed by atoms with van der Waals surface area (Å²) >= 11 is 0. The van der Waals surface area contributed by atoms with Gasteiger partial charge in [-0.15, -0.1) is 0 Å². The van der Waals surface area contributed by atoms with Gasteiger partial charge < -0.3 is 0 Å². The lowest BCUT2D eigenvalue weighted by Gasteiger charge is -1.90. The summed E-state index contributed by atoms with van der Waals surface area (Å²) in [7, 11) is 0. The van der Waals surface area contributed by atoms with Gasteiger partial charge in [0, 0.05) is 22.8 Å². The highest BCUT2D eigenvalue weighted by atomic mass is 14.8. The van der Waals surface area contributed by atoms with Crippen LogP contribution in [0, 0.1) is 27.7 Å². The van der Waals surface area contributed by atoms with Crippen LogP contribution in [0.1, 0.15) is 22.8 Å². The van der Waals surface area contributed by atoms with E-state index in [-0.39, 0.29) is 0 Å². The smallest absolute Gasteiger partial charge is 0.115 e. The Morgan fingerprint density at radius 3 is 1.50 bits per heavy atom. The second kappa shape index (κ2) is 5.95. The maximum Gasteiger partial charge on any atom is 0.115 e. The fraction of sp³-hybridized carbons (Fsp3) is 0.308. The molecule has 0 amide bonds. The van der Waals surface area contributed by atoms with Gasteiger partial charge in [0.25, 0.3) is 0 Å². The fourth-order valence-corrected chi connectivity index (χ4v) is 1.27. The molecule has 3 nitrogen and oxygen atoms in total. The second-order valence-corrected chi connectivity index (χ2v) is 3.72. The van der Waals surface area contributed by atoms with Gasteiger partial charge in [-0.2, -0.15) is 0 Å². The van der Waals surface area contributed by atoms with Crippen molar-refractivity contribution in [2.24, 2.45) is 0 Å². The number of rotatable bonds is 0. The summed E-state index contributed by atoms with van der Waals surface area (Å²) in [5, 5.41) is 0. The van der Waals surface area contributed by atoms with E-state index < -0.39 is 0 Å². The zero-order valence-electron chi connectivity index (χ0n) is 10.2. The SMILES string of the molecule is Cc1cc(C)ncn1.Cc1cccc(C)n1. The molecule has 16 heavy (non-hydrogen) atoms. The van der Waals surface area contributed by atoms with Crippen LogP contribution in [0.5, 0.6) is 0 Å². The number of aryl methyl sites for hydroxylation is 4. The first-order valence-electron chi connectivity index (χ1n) is 5.23. The highest BCUT2D eigenvalue weighted by Crippen LogP contribution is 1.93. The molecule has 0 aromatic carbocycles. The molecular formula is C13H17N3. The molecule has 0 saturated heterocycles. The van der Waals surface area contributed by atoms with E-state index in [1.54, 1.807) is 6.33 Å². The zero-order valence-corrected chi connectivity index (χ0v) is 10.2. The molecule has 0 bridgehead atoms. The Labute approximate surface area is 96.6 Å². The van der Waals surface area contributed by atoms with E-state index >= 15 is 0 Å². The molecule has 0 aliphatic carbocycles. The Morgan fingerprint density at radius 2 is 1.25 bits per heavy atom. The molecular weight excluding hydrogens is 198 g/mol. The molecule has 0 aliphatic rings. The van der Waals surface area contributed by atoms with Gasteiger partial charge in [0.15, 0.2) is 0 Å². The minimum absolute atomic E-state index is 1.03. The van der Waals surface area contributed by atoms with Crippen LogP contribution in [-0.4, -0.2) is 15.0 Å². The van der Waals surface area contributed by atoms with Gasteiger partial charge in [-0.25, -0.2) is 9.97 Å². The van der Waals surface area contributed by atoms with E-state index in [1.807, 2.05) is 52.0 Å². The van der Waals surface area contributed by atoms with Crippen LogP contribution in [0.3, 0.4) is 0 Å². The Bertz CT molecular complexity index is 374. The summed E-state index contributed by atoms with van der Waals surface area (Å²) in [4.78, 5) is 12.0. The van der Waals surface area contributed by atoms with Crippen LogP contribution >= 0.6 is 0 Å². The van der Waals surface area contributed by atoms with Crippen molar-refractivity contribution in [3.63, 3.8) is 0 Å². The monoisotopic (exact) mass is 215 g/mol. The third-order valence-electron chi connectivity index (χ3n) is 1.97. The predicted octanol–water partition coefficient (Wildman–Crippen LogP) is 2.79. The van der Waals surface area contributed by atoms with Crippen LogP contribution in [0.2, 0.25) is 0 Å². The first-order valence-corrected chi connectivity index (χ1v) is 5.23. The maximum absolute atomic E-state index is 4.17. The predicted molar refractivity (Wildman–Crippen MR) is 65.2 cm³/mol. The number of aromatic nitrogens is 3. The maximum atomic E-state index is 4.17. The molecule has 0 N–H and O–H groups in total. The van der Waals surface area contributed by atoms with E-state index in [9.17, 15) is 0 Å². The van der Waals surface area contributed by atoms with Crippen LogP contribution in [-0.2, 0) is 0 Å². The van der Waals surface area contributed by atoms with Gasteiger partial charge in [0.05, 0.1) is 0 Å². The summed E-state index contributed by atoms with van der Waals surface area (Å²) in [6.45, 7) is 7.89. The van der Waals surface area contributed by atoms with Gasteiger partial charge in [-0.05, 0) is 45.9 Å². The van der Waals surface area contributed by atoms with E-state index in [1.165, 1.54) is 0 Å². The van der Waals surface area contributed by atoms with Gasteiger partial charge in [-0.3, -0.25) is 4.98 Å². The Hall–Kier alpha value is -1.77. The van der Waals surface area contributed by atoms with Crippen molar-refractivity contribution < 1.29 is 0 Å². The van der Waals surface area contributed by atoms with Crippen molar-refractivity contribution in [3.05, 3.63) is 53.4 Å². The van der Waals surface area contributed by atoms with E-state index in [2.05, 4.69) is 15.0 Å². The third kappa shape index (κ3) is 4.64. The van der Waals surface area contributed by atoms with Crippen molar-refractivity contribution >= 4 is 0 Å². The van der Waals surface area contributed by atoms with E-state index in [4.69, 9.17) is 0 Å². The molecule has 0 spiro atoms. The molecule has 0 aliphatic heterocycles. The van der Waals surface area contributed by atoms with Crippen LogP contribution in [0.15, 0.2) is 30.6 Å². The fourth-order valence-electron chi connectivity index (χ4n) is 1.27. The van der Waals surface area contributed by atoms with E-state index in [0.717, 1.165) is 22.8 Å². The van der Waals surface area contributed by atoms with Gasteiger partial charge in [0.2, 0.25) is 0 Å². The zero-order chi connectivity index (χ0) is 12.0. The standard InChI is InChI=1S/C7H9N.C6H8N2/c1-6-4-3-5-7(2)8-6;1-5-3-6(2)8-4-7-5/h3-5H,1-2H3;3-4H,1-2H3. The Morgan fingerprint density at radius 1 is 0.750 bits per heavy atom. The lowest BCUT2D eigenvalue weighted by atomic mass is 10.3. The van der Waals surface area contributed by atoms with Crippen LogP contribution in [0.4, 0.5) is 0 Å². The normalized spacial score (nSPS) is 9.25. The summed E-state index contributed by atoms with van der Waals surface area (Å²) in [5.74, 6) is 0. The Kier molecular flexibility index (Phi) is 4.58. The average molecular weight is 215 g/mol. The molecule has 3 heteroatoms. The van der Waals surface area contributed by atoms with Gasteiger partial charge >= 0.3 is 0 Å². The van der Waals surface area contributed by atoms with Gasteiger partial charge in [-0.1, -0.05) is 6.07 Å². The molecule has 0 fully saturated rings. The van der Waals surface area contributed by atoms with Crippen molar-refractivity contribution in [2.45, 2.75) is 27.7 Å². The first kappa shape index (κ1) is 12.3. The molecule has 2 rings (SSSR count). The lowest BCUT2D eigenvalue weighted by molar-refractivity contribution is 1.05. The number of hydrogen-bond donors (Lipinski definition) is 0. The number of hydrogen-bond acceptors (Lipinski definition) is 3. The highest BCUT2D eigenvalue weighted by Gasteiger charge is 1.83. The summed E-state index contributed by atoms with van der Waals surface area (Å²) in [6, 6.07) is 7.94. The largest absolute Gasteiger partial charge is 0.258 e. The minimum Gasteiger partial charge on any atom is -0.258 e. The van der Waals surface area contributed by atoms with Crippen LogP contribution < -0.4 is 0 Å². The van der Waals surface area contributed by atoms with Crippen molar-refractivity contribution in [3.8, 4) is 0 Å². The molecule has 2 heterocycles. The van der Waals surface area contributed by atoms with Crippen molar-refractivity contribution in [1.82, 2.24) is 15.0 Å². The molecule has 0 saturated carbocycles. The van der Waals surface area contributed by atoms with Crippen LogP contribution in [0.25, 0.3) is 0 Å². The molecule has 84 valence electrons. The summed E-state index contributed by atoms with van der Waals surface area (Å²) in [5.41, 5.74) is 4.23. The Balaban J connectivity index is 0.000000160. The minimum atomic E-state index is 1.03. The quantitative estimate of drug-likeness (QED) is 0.678. The average Bonchev–Trinajstić information content (AvgIpc) is 2.17. The molecule has 2 aromatic heterocycles. The van der Waals surface area contributed by atoms with Crippen molar-refractivity contribution in [1.29, 1.82) is 0 Å².